The highest BCUT2D eigenvalue weighted by molar-refractivity contribution is 5.78. The lowest BCUT2D eigenvalue weighted by Gasteiger charge is -2.27. The number of unbranched alkanes of at least 4 members (excludes halogenated alkanes) is 1. The monoisotopic (exact) mass is 340 g/mol. The number of benzene rings is 1. The predicted molar refractivity (Wildman–Crippen MR) is 98.2 cm³/mol. The summed E-state index contributed by atoms with van der Waals surface area (Å²) in [4.78, 5) is 16.4. The van der Waals surface area contributed by atoms with Crippen molar-refractivity contribution in [2.45, 2.75) is 58.4 Å². The van der Waals surface area contributed by atoms with Gasteiger partial charge in [0.1, 0.15) is 12.7 Å². The molecule has 1 saturated carbocycles. The van der Waals surface area contributed by atoms with E-state index in [9.17, 15) is 4.79 Å². The van der Waals surface area contributed by atoms with Crippen LogP contribution in [0, 0.1) is 11.8 Å². The van der Waals surface area contributed by atoms with E-state index in [-0.39, 0.29) is 11.8 Å². The number of carbonyl (C=O) groups excluding carboxylic acids is 1. The molecule has 0 aliphatic heterocycles. The van der Waals surface area contributed by atoms with Gasteiger partial charge in [-0.2, -0.15) is 5.10 Å². The molecule has 0 unspecified atom stereocenters. The van der Waals surface area contributed by atoms with Gasteiger partial charge in [0.05, 0.1) is 5.69 Å². The molecule has 0 spiro atoms. The molecular formula is C20H28N4O. The predicted octanol–water partition coefficient (Wildman–Crippen LogP) is 3.88. The van der Waals surface area contributed by atoms with E-state index in [0.29, 0.717) is 6.54 Å². The number of aromatic nitrogens is 3. The van der Waals surface area contributed by atoms with E-state index in [1.54, 1.807) is 11.0 Å². The number of hydrogen-bond acceptors (Lipinski definition) is 3. The van der Waals surface area contributed by atoms with Crippen LogP contribution in [0.4, 0.5) is 0 Å². The van der Waals surface area contributed by atoms with Gasteiger partial charge in [-0.25, -0.2) is 9.67 Å². The molecule has 1 aliphatic rings. The number of rotatable bonds is 7. The number of carbonyl (C=O) groups is 1. The van der Waals surface area contributed by atoms with Crippen molar-refractivity contribution >= 4 is 5.91 Å². The van der Waals surface area contributed by atoms with Gasteiger partial charge >= 0.3 is 0 Å². The topological polar surface area (TPSA) is 59.8 Å². The molecule has 25 heavy (non-hydrogen) atoms. The van der Waals surface area contributed by atoms with Crippen LogP contribution in [0.1, 0.15) is 57.4 Å². The molecule has 0 atom stereocenters. The van der Waals surface area contributed by atoms with E-state index in [1.165, 1.54) is 38.4 Å². The summed E-state index contributed by atoms with van der Waals surface area (Å²) >= 11 is 0. The molecule has 1 aromatic heterocycles. The lowest BCUT2D eigenvalue weighted by atomic mass is 9.79. The van der Waals surface area contributed by atoms with Crippen LogP contribution in [0.15, 0.2) is 36.9 Å². The highest BCUT2D eigenvalue weighted by Crippen LogP contribution is 2.32. The van der Waals surface area contributed by atoms with Crippen LogP contribution in [0.5, 0.6) is 0 Å². The molecule has 0 radical (unpaired) electrons. The number of amides is 1. The molecule has 0 saturated heterocycles. The van der Waals surface area contributed by atoms with Crippen LogP contribution in [0.2, 0.25) is 0 Å². The summed E-state index contributed by atoms with van der Waals surface area (Å²) in [5, 5.41) is 7.22. The van der Waals surface area contributed by atoms with E-state index in [4.69, 9.17) is 0 Å². The summed E-state index contributed by atoms with van der Waals surface area (Å²) in [7, 11) is 0. The minimum atomic E-state index is 0.201. The van der Waals surface area contributed by atoms with Crippen LogP contribution in [0.25, 0.3) is 5.69 Å². The zero-order chi connectivity index (χ0) is 17.5. The molecule has 5 heteroatoms. The zero-order valence-corrected chi connectivity index (χ0v) is 15.0. The first-order valence-corrected chi connectivity index (χ1v) is 9.48. The summed E-state index contributed by atoms with van der Waals surface area (Å²) in [6.45, 7) is 2.84. The van der Waals surface area contributed by atoms with Gasteiger partial charge in [-0.15, -0.1) is 0 Å². The van der Waals surface area contributed by atoms with Crippen molar-refractivity contribution in [3.05, 3.63) is 42.5 Å². The SMILES string of the molecule is CCCCC1CCC(C(=O)NCc2ccc(-n3cncn3)cc2)CC1. The fourth-order valence-corrected chi connectivity index (χ4v) is 3.65. The second-order valence-electron chi connectivity index (χ2n) is 7.08. The molecule has 5 nitrogen and oxygen atoms in total. The zero-order valence-electron chi connectivity index (χ0n) is 15.0. The third kappa shape index (κ3) is 4.91. The first-order valence-electron chi connectivity index (χ1n) is 9.48. The summed E-state index contributed by atoms with van der Waals surface area (Å²) in [5.41, 5.74) is 2.08. The van der Waals surface area contributed by atoms with Gasteiger partial charge in [0.15, 0.2) is 0 Å². The molecule has 1 aliphatic carbocycles. The Balaban J connectivity index is 1.43. The first kappa shape index (κ1) is 17.6. The van der Waals surface area contributed by atoms with E-state index in [0.717, 1.165) is 30.0 Å². The summed E-state index contributed by atoms with van der Waals surface area (Å²) in [6, 6.07) is 8.04. The highest BCUT2D eigenvalue weighted by Gasteiger charge is 2.25. The second-order valence-corrected chi connectivity index (χ2v) is 7.08. The molecular weight excluding hydrogens is 312 g/mol. The Bertz CT molecular complexity index is 643. The molecule has 1 amide bonds. The molecule has 1 heterocycles. The molecule has 2 aromatic rings. The smallest absolute Gasteiger partial charge is 0.223 e. The summed E-state index contributed by atoms with van der Waals surface area (Å²) < 4.78 is 1.72. The van der Waals surface area contributed by atoms with Crippen molar-refractivity contribution in [3.63, 3.8) is 0 Å². The van der Waals surface area contributed by atoms with Crippen molar-refractivity contribution in [2.24, 2.45) is 11.8 Å². The third-order valence-electron chi connectivity index (χ3n) is 5.27. The van der Waals surface area contributed by atoms with E-state index in [1.807, 2.05) is 24.3 Å². The first-order chi connectivity index (χ1) is 12.3. The Labute approximate surface area is 149 Å². The average molecular weight is 340 g/mol. The third-order valence-corrected chi connectivity index (χ3v) is 5.27. The maximum atomic E-state index is 12.4. The van der Waals surface area contributed by atoms with Gasteiger partial charge in [0.25, 0.3) is 0 Å². The maximum absolute atomic E-state index is 12.4. The van der Waals surface area contributed by atoms with E-state index < -0.39 is 0 Å². The van der Waals surface area contributed by atoms with Crippen molar-refractivity contribution in [2.75, 3.05) is 0 Å². The Hall–Kier alpha value is -2.17. The Morgan fingerprint density at radius 3 is 2.60 bits per heavy atom. The van der Waals surface area contributed by atoms with Crippen LogP contribution >= 0.6 is 0 Å². The fourth-order valence-electron chi connectivity index (χ4n) is 3.65. The Morgan fingerprint density at radius 1 is 1.20 bits per heavy atom. The van der Waals surface area contributed by atoms with Gasteiger partial charge in [0, 0.05) is 12.5 Å². The van der Waals surface area contributed by atoms with E-state index in [2.05, 4.69) is 22.3 Å². The summed E-state index contributed by atoms with van der Waals surface area (Å²) in [5.74, 6) is 1.26. The highest BCUT2D eigenvalue weighted by atomic mass is 16.1. The number of nitrogens with one attached hydrogen (secondary N) is 1. The molecule has 1 aromatic carbocycles. The number of nitrogens with zero attached hydrogens (tertiary/aromatic N) is 3. The molecule has 0 bridgehead atoms. The van der Waals surface area contributed by atoms with Crippen molar-refractivity contribution in [1.29, 1.82) is 0 Å². The standard InChI is InChI=1S/C20H28N4O/c1-2-3-4-16-5-9-18(10-6-16)20(25)22-13-17-7-11-19(12-8-17)24-15-21-14-23-24/h7-8,11-12,14-16,18H,2-6,9-10,13H2,1H3,(H,22,25). The van der Waals surface area contributed by atoms with Gasteiger partial charge in [0.2, 0.25) is 5.91 Å². The van der Waals surface area contributed by atoms with Crippen LogP contribution in [-0.4, -0.2) is 20.7 Å². The maximum Gasteiger partial charge on any atom is 0.223 e. The minimum Gasteiger partial charge on any atom is -0.352 e. The van der Waals surface area contributed by atoms with Crippen molar-refractivity contribution in [1.82, 2.24) is 20.1 Å². The molecule has 1 N–H and O–H groups in total. The minimum absolute atomic E-state index is 0.201. The lowest BCUT2D eigenvalue weighted by molar-refractivity contribution is -0.126. The normalized spacial score (nSPS) is 20.4. The quantitative estimate of drug-likeness (QED) is 0.832. The molecule has 134 valence electrons. The molecule has 3 rings (SSSR count). The van der Waals surface area contributed by atoms with Gasteiger partial charge in [-0.1, -0.05) is 38.3 Å². The lowest BCUT2D eigenvalue weighted by Crippen LogP contribution is -2.32. The Morgan fingerprint density at radius 2 is 1.96 bits per heavy atom. The summed E-state index contributed by atoms with van der Waals surface area (Å²) in [6.07, 6.45) is 11.6. The van der Waals surface area contributed by atoms with Gasteiger partial charge in [-0.05, 0) is 49.3 Å². The largest absolute Gasteiger partial charge is 0.352 e. The van der Waals surface area contributed by atoms with Crippen LogP contribution in [0.3, 0.4) is 0 Å². The second kappa shape index (κ2) is 8.79. The molecule has 1 fully saturated rings. The Kier molecular flexibility index (Phi) is 6.20. The fraction of sp³-hybridized carbons (Fsp3) is 0.550. The van der Waals surface area contributed by atoms with Crippen molar-refractivity contribution in [3.8, 4) is 5.69 Å². The number of hydrogen-bond donors (Lipinski definition) is 1. The van der Waals surface area contributed by atoms with Crippen molar-refractivity contribution < 1.29 is 4.79 Å². The van der Waals surface area contributed by atoms with Crippen LogP contribution in [-0.2, 0) is 11.3 Å². The van der Waals surface area contributed by atoms with E-state index >= 15 is 0 Å². The van der Waals surface area contributed by atoms with Gasteiger partial charge < -0.3 is 5.32 Å². The average Bonchev–Trinajstić information content (AvgIpc) is 3.20. The van der Waals surface area contributed by atoms with Gasteiger partial charge in [-0.3, -0.25) is 4.79 Å². The van der Waals surface area contributed by atoms with Crippen LogP contribution < -0.4 is 5.32 Å².